The topological polar surface area (TPSA) is 54.6 Å². The molecule has 0 aliphatic carbocycles. The summed E-state index contributed by atoms with van der Waals surface area (Å²) in [6.45, 7) is 0.336. The third-order valence-corrected chi connectivity index (χ3v) is 6.33. The van der Waals surface area contributed by atoms with Crippen molar-refractivity contribution in [2.45, 2.75) is 16.3 Å². The summed E-state index contributed by atoms with van der Waals surface area (Å²) in [5, 5.41) is 3.56. The number of hydrogen-bond donors (Lipinski definition) is 1. The average molecular weight is 445 g/mol. The summed E-state index contributed by atoms with van der Waals surface area (Å²) in [4.78, 5) is 19.8. The molecule has 1 N–H and O–H groups in total. The predicted molar refractivity (Wildman–Crippen MR) is 124 cm³/mol. The Labute approximate surface area is 189 Å². The van der Waals surface area contributed by atoms with Gasteiger partial charge < -0.3 is 9.73 Å². The fourth-order valence-corrected chi connectivity index (χ4v) is 4.52. The van der Waals surface area contributed by atoms with E-state index in [1.807, 2.05) is 60.7 Å². The molecule has 5 rings (SSSR count). The van der Waals surface area contributed by atoms with Gasteiger partial charge in [-0.3, -0.25) is 4.79 Å². The molecule has 1 aliphatic heterocycles. The van der Waals surface area contributed by atoms with Crippen LogP contribution in [-0.2, 0) is 6.54 Å². The van der Waals surface area contributed by atoms with Crippen LogP contribution in [0.3, 0.4) is 0 Å². The van der Waals surface area contributed by atoms with E-state index in [9.17, 15) is 4.79 Å². The molecule has 4 aromatic rings. The van der Waals surface area contributed by atoms with Crippen LogP contribution >= 0.6 is 23.4 Å². The van der Waals surface area contributed by atoms with Gasteiger partial charge in [-0.05, 0) is 48.5 Å². The molecule has 1 aromatic heterocycles. The summed E-state index contributed by atoms with van der Waals surface area (Å²) in [6.07, 6.45) is 1.59. The monoisotopic (exact) mass is 444 g/mol. The van der Waals surface area contributed by atoms with Gasteiger partial charge in [-0.2, -0.15) is 0 Å². The van der Waals surface area contributed by atoms with Crippen molar-refractivity contribution < 1.29 is 9.21 Å². The van der Waals surface area contributed by atoms with Crippen LogP contribution in [0.25, 0.3) is 0 Å². The number of fused-ring (bicyclic) bond motifs is 2. The van der Waals surface area contributed by atoms with E-state index in [0.717, 1.165) is 32.3 Å². The Morgan fingerprint density at radius 3 is 2.61 bits per heavy atom. The Kier molecular flexibility index (Phi) is 5.37. The minimum atomic E-state index is -0.172. The lowest BCUT2D eigenvalue weighted by atomic mass is 10.0. The lowest BCUT2D eigenvalue weighted by Gasteiger charge is -2.09. The molecule has 0 radical (unpaired) electrons. The number of rotatable bonds is 4. The van der Waals surface area contributed by atoms with Crippen LogP contribution in [-0.4, -0.2) is 11.6 Å². The van der Waals surface area contributed by atoms with Gasteiger partial charge in [-0.15, -0.1) is 0 Å². The van der Waals surface area contributed by atoms with Crippen molar-refractivity contribution in [1.82, 2.24) is 5.32 Å². The van der Waals surface area contributed by atoms with Gasteiger partial charge in [0.2, 0.25) is 0 Å². The molecule has 0 fully saturated rings. The molecule has 1 aliphatic rings. The number of nitrogens with zero attached hydrogens (tertiary/aromatic N) is 1. The van der Waals surface area contributed by atoms with Gasteiger partial charge in [0.15, 0.2) is 0 Å². The number of aliphatic imine (C=N–C) groups is 1. The van der Waals surface area contributed by atoms with Gasteiger partial charge in [0, 0.05) is 31.5 Å². The van der Waals surface area contributed by atoms with Crippen LogP contribution in [0.4, 0.5) is 5.69 Å². The van der Waals surface area contributed by atoms with Gasteiger partial charge in [-0.1, -0.05) is 53.7 Å². The molecule has 0 saturated heterocycles. The predicted octanol–water partition coefficient (Wildman–Crippen LogP) is 6.50. The number of amides is 1. The minimum absolute atomic E-state index is 0.172. The van der Waals surface area contributed by atoms with Crippen molar-refractivity contribution >= 4 is 40.7 Å². The number of carbonyl (C=O) groups excluding carboxylic acids is 1. The third kappa shape index (κ3) is 4.15. The molecule has 152 valence electrons. The van der Waals surface area contributed by atoms with E-state index in [1.165, 1.54) is 0 Å². The van der Waals surface area contributed by atoms with E-state index in [1.54, 1.807) is 24.1 Å². The molecule has 3 aromatic carbocycles. The quantitative estimate of drug-likeness (QED) is 0.344. The summed E-state index contributed by atoms with van der Waals surface area (Å²) >= 11 is 7.74. The molecule has 0 bridgehead atoms. The first-order valence-electron chi connectivity index (χ1n) is 9.74. The van der Waals surface area contributed by atoms with Gasteiger partial charge in [0.1, 0.15) is 5.76 Å². The Morgan fingerprint density at radius 1 is 0.968 bits per heavy atom. The minimum Gasteiger partial charge on any atom is -0.467 e. The van der Waals surface area contributed by atoms with Gasteiger partial charge >= 0.3 is 0 Å². The van der Waals surface area contributed by atoms with Crippen molar-refractivity contribution in [2.24, 2.45) is 4.99 Å². The summed E-state index contributed by atoms with van der Waals surface area (Å²) in [5.74, 6) is 0.534. The molecule has 4 nitrogen and oxygen atoms in total. The Hall–Kier alpha value is -3.28. The third-order valence-electron chi connectivity index (χ3n) is 4.94. The SMILES string of the molecule is O=C(NCc1ccco1)c1ccc2c(c1)N=C(c1ccc(Cl)cc1)c1ccccc1S2. The molecule has 0 unspecified atom stereocenters. The lowest BCUT2D eigenvalue weighted by Crippen LogP contribution is -2.22. The Morgan fingerprint density at radius 2 is 1.81 bits per heavy atom. The van der Waals surface area contributed by atoms with E-state index in [4.69, 9.17) is 21.0 Å². The second-order valence-electron chi connectivity index (χ2n) is 7.01. The van der Waals surface area contributed by atoms with E-state index >= 15 is 0 Å². The van der Waals surface area contributed by atoms with Crippen molar-refractivity contribution in [3.63, 3.8) is 0 Å². The van der Waals surface area contributed by atoms with Crippen LogP contribution < -0.4 is 5.32 Å². The van der Waals surface area contributed by atoms with Crippen LogP contribution in [0.2, 0.25) is 5.02 Å². The van der Waals surface area contributed by atoms with Crippen LogP contribution in [0.5, 0.6) is 0 Å². The fourth-order valence-electron chi connectivity index (χ4n) is 3.39. The largest absolute Gasteiger partial charge is 0.467 e. The van der Waals surface area contributed by atoms with Crippen molar-refractivity contribution in [2.75, 3.05) is 0 Å². The summed E-state index contributed by atoms with van der Waals surface area (Å²) in [7, 11) is 0. The van der Waals surface area contributed by atoms with Crippen LogP contribution in [0, 0.1) is 0 Å². The normalized spacial score (nSPS) is 12.4. The van der Waals surface area contributed by atoms with Crippen molar-refractivity contribution in [3.05, 3.63) is 113 Å². The van der Waals surface area contributed by atoms with Crippen molar-refractivity contribution in [1.29, 1.82) is 0 Å². The lowest BCUT2D eigenvalue weighted by molar-refractivity contribution is 0.0948. The maximum Gasteiger partial charge on any atom is 0.251 e. The zero-order valence-electron chi connectivity index (χ0n) is 16.3. The highest BCUT2D eigenvalue weighted by atomic mass is 35.5. The van der Waals surface area contributed by atoms with E-state index in [-0.39, 0.29) is 5.91 Å². The number of halogens is 1. The van der Waals surface area contributed by atoms with Gasteiger partial charge in [0.25, 0.3) is 5.91 Å². The van der Waals surface area contributed by atoms with Gasteiger partial charge in [0.05, 0.1) is 24.2 Å². The Balaban J connectivity index is 1.53. The number of furan rings is 1. The van der Waals surface area contributed by atoms with Crippen molar-refractivity contribution in [3.8, 4) is 0 Å². The molecule has 0 saturated carbocycles. The highest BCUT2D eigenvalue weighted by Gasteiger charge is 2.20. The molecule has 0 atom stereocenters. The molecular weight excluding hydrogens is 428 g/mol. The zero-order valence-corrected chi connectivity index (χ0v) is 17.9. The highest BCUT2D eigenvalue weighted by Crippen LogP contribution is 2.41. The summed E-state index contributed by atoms with van der Waals surface area (Å²) in [6, 6.07) is 25.1. The molecule has 1 amide bonds. The molecule has 2 heterocycles. The summed E-state index contributed by atoms with van der Waals surface area (Å²) in [5.41, 5.74) is 4.19. The first kappa shape index (κ1) is 19.7. The second-order valence-corrected chi connectivity index (χ2v) is 8.53. The van der Waals surface area contributed by atoms with E-state index < -0.39 is 0 Å². The highest BCUT2D eigenvalue weighted by molar-refractivity contribution is 7.99. The van der Waals surface area contributed by atoms with E-state index in [0.29, 0.717) is 22.9 Å². The first-order chi connectivity index (χ1) is 15.2. The van der Waals surface area contributed by atoms with Gasteiger partial charge in [-0.25, -0.2) is 4.99 Å². The maximum absolute atomic E-state index is 12.7. The Bertz CT molecular complexity index is 1280. The standard InChI is InChI=1S/C25H17ClN2O2S/c26-18-10-7-16(8-11-18)24-20-5-1-2-6-22(20)31-23-12-9-17(14-21(23)28-24)25(29)27-15-19-4-3-13-30-19/h1-14H,15H2,(H,27,29). The smallest absolute Gasteiger partial charge is 0.251 e. The molecule has 0 spiro atoms. The summed E-state index contributed by atoms with van der Waals surface area (Å²) < 4.78 is 5.28. The average Bonchev–Trinajstić information content (AvgIpc) is 3.26. The zero-order chi connectivity index (χ0) is 21.2. The number of carbonyl (C=O) groups is 1. The van der Waals surface area contributed by atoms with Crippen LogP contribution in [0.1, 0.15) is 27.2 Å². The fraction of sp³-hybridized carbons (Fsp3) is 0.0400. The maximum atomic E-state index is 12.7. The number of hydrogen-bond acceptors (Lipinski definition) is 4. The number of benzene rings is 3. The number of nitrogens with one attached hydrogen (secondary N) is 1. The second kappa shape index (κ2) is 8.46. The van der Waals surface area contributed by atoms with Crippen LogP contribution in [0.15, 0.2) is 104 Å². The molecule has 31 heavy (non-hydrogen) atoms. The molecular formula is C25H17ClN2O2S. The molecule has 6 heteroatoms. The first-order valence-corrected chi connectivity index (χ1v) is 10.9. The van der Waals surface area contributed by atoms with E-state index in [2.05, 4.69) is 17.4 Å².